The molecule has 3 aliphatic heterocycles. The molecule has 6 atom stereocenters. The van der Waals surface area contributed by atoms with Crippen molar-refractivity contribution in [1.82, 2.24) is 14.4 Å². The van der Waals surface area contributed by atoms with Gasteiger partial charge in [0.25, 0.3) is 0 Å². The van der Waals surface area contributed by atoms with Crippen LogP contribution in [0.5, 0.6) is 0 Å². The number of hydrogen-bond donors (Lipinski definition) is 1. The highest BCUT2D eigenvalue weighted by Gasteiger charge is 2.60. The first-order valence-electron chi connectivity index (χ1n) is 13.9. The summed E-state index contributed by atoms with van der Waals surface area (Å²) in [5.74, 6) is -1.60. The second-order valence-electron chi connectivity index (χ2n) is 10.8. The van der Waals surface area contributed by atoms with Gasteiger partial charge < -0.3 is 29.1 Å². The number of fused-ring (bicyclic) bond motifs is 1. The zero-order valence-corrected chi connectivity index (χ0v) is 25.0. The average molecular weight is 590 g/mol. The van der Waals surface area contributed by atoms with Crippen molar-refractivity contribution in [2.45, 2.75) is 63.3 Å². The first-order chi connectivity index (χ1) is 19.6. The van der Waals surface area contributed by atoms with E-state index in [1.54, 1.807) is 18.9 Å². The van der Waals surface area contributed by atoms with Gasteiger partial charge in [-0.3, -0.25) is 4.79 Å². The van der Waals surface area contributed by atoms with Crippen molar-refractivity contribution in [3.63, 3.8) is 0 Å². The summed E-state index contributed by atoms with van der Waals surface area (Å²) in [5, 5.41) is 10.2. The molecule has 3 aliphatic rings. The molecular weight excluding hydrogens is 548 g/mol. The van der Waals surface area contributed by atoms with Gasteiger partial charge in [0, 0.05) is 42.2 Å². The zero-order chi connectivity index (χ0) is 29.8. The molecule has 224 valence electrons. The van der Waals surface area contributed by atoms with Gasteiger partial charge >= 0.3 is 12.1 Å². The molecule has 0 saturated carbocycles. The predicted octanol–water partition coefficient (Wildman–Crippen LogP) is 2.15. The minimum atomic E-state index is -0.828. The highest BCUT2D eigenvalue weighted by atomic mass is 32.2. The fourth-order valence-corrected chi connectivity index (χ4v) is 7.68. The Morgan fingerprint density at radius 1 is 1.27 bits per heavy atom. The topological polar surface area (TPSA) is 114 Å². The van der Waals surface area contributed by atoms with E-state index in [2.05, 4.69) is 17.7 Å². The lowest BCUT2D eigenvalue weighted by molar-refractivity contribution is -0.671. The van der Waals surface area contributed by atoms with E-state index in [1.807, 2.05) is 31.1 Å². The van der Waals surface area contributed by atoms with Crippen LogP contribution < -0.4 is 4.57 Å². The number of aliphatic hydroxyl groups excluding tert-OH is 1. The Labute approximate surface area is 245 Å². The number of amides is 2. The molecule has 4 heterocycles. The van der Waals surface area contributed by atoms with E-state index in [9.17, 15) is 19.5 Å². The molecule has 0 unspecified atom stereocenters. The summed E-state index contributed by atoms with van der Waals surface area (Å²) >= 11 is 1.52. The largest absolute Gasteiger partial charge is 0.457 e. The molecular formula is C29H41N4O7S+. The van der Waals surface area contributed by atoms with E-state index >= 15 is 0 Å². The maximum Gasteiger partial charge on any atom is 0.410 e. The van der Waals surface area contributed by atoms with Gasteiger partial charge in [-0.2, -0.15) is 0 Å². The van der Waals surface area contributed by atoms with E-state index in [0.717, 1.165) is 10.6 Å². The Kier molecular flexibility index (Phi) is 9.98. The molecule has 0 spiro atoms. The molecule has 2 saturated heterocycles. The maximum absolute atomic E-state index is 13.1. The summed E-state index contributed by atoms with van der Waals surface area (Å²) in [4.78, 5) is 43.2. The zero-order valence-electron chi connectivity index (χ0n) is 24.2. The number of carbonyl (C=O) groups excluding carboxylic acids is 3. The average Bonchev–Trinajstić information content (AvgIpc) is 3.57. The van der Waals surface area contributed by atoms with Crippen LogP contribution in [0.4, 0.5) is 4.79 Å². The molecule has 2 fully saturated rings. The lowest BCUT2D eigenvalue weighted by atomic mass is 9.79. The van der Waals surface area contributed by atoms with Gasteiger partial charge in [0.15, 0.2) is 5.69 Å². The molecule has 12 heteroatoms. The molecule has 0 aliphatic carbocycles. The molecule has 2 amide bonds. The summed E-state index contributed by atoms with van der Waals surface area (Å²) in [5.41, 5.74) is 1.28. The van der Waals surface area contributed by atoms with Crippen LogP contribution >= 0.6 is 11.8 Å². The van der Waals surface area contributed by atoms with Gasteiger partial charge in [-0.1, -0.05) is 32.2 Å². The lowest BCUT2D eigenvalue weighted by Gasteiger charge is -2.46. The fourth-order valence-electron chi connectivity index (χ4n) is 6.12. The SMILES string of the molecule is C=CCOC(=O)C1=C(S[C@H]2C[C@@H](CCn3c[n+](C)cc3COC)N(C(=O)OCC=C)C2)[C@H](C)[C@@H]2[C@@H]([C@@H](C)O)C(=O)N12. The van der Waals surface area contributed by atoms with Gasteiger partial charge in [0.05, 0.1) is 31.7 Å². The van der Waals surface area contributed by atoms with Crippen molar-refractivity contribution < 1.29 is 38.3 Å². The summed E-state index contributed by atoms with van der Waals surface area (Å²) in [6.07, 6.45) is 7.19. The van der Waals surface area contributed by atoms with Crippen molar-refractivity contribution in [2.24, 2.45) is 18.9 Å². The third-order valence-electron chi connectivity index (χ3n) is 7.90. The molecule has 1 N–H and O–H groups in total. The number of esters is 1. The number of ether oxygens (including phenoxy) is 3. The van der Waals surface area contributed by atoms with Crippen LogP contribution in [0.15, 0.2) is 48.4 Å². The summed E-state index contributed by atoms with van der Waals surface area (Å²) in [6, 6.07) is -0.402. The van der Waals surface area contributed by atoms with E-state index in [1.165, 1.54) is 28.8 Å². The lowest BCUT2D eigenvalue weighted by Crippen LogP contribution is -2.63. The molecule has 1 aromatic rings. The predicted molar refractivity (Wildman–Crippen MR) is 152 cm³/mol. The minimum absolute atomic E-state index is 0.0256. The second kappa shape index (κ2) is 13.3. The van der Waals surface area contributed by atoms with Crippen molar-refractivity contribution in [2.75, 3.05) is 26.9 Å². The molecule has 4 rings (SSSR count). The van der Waals surface area contributed by atoms with Gasteiger partial charge in [-0.25, -0.2) is 18.7 Å². The van der Waals surface area contributed by atoms with Crippen LogP contribution in [-0.2, 0) is 44.0 Å². The van der Waals surface area contributed by atoms with Gasteiger partial charge in [-0.05, 0) is 13.3 Å². The quantitative estimate of drug-likeness (QED) is 0.161. The number of nitrogens with zero attached hydrogens (tertiary/aromatic N) is 4. The van der Waals surface area contributed by atoms with Crippen molar-refractivity contribution in [3.8, 4) is 0 Å². The smallest absolute Gasteiger partial charge is 0.410 e. The number of imidazole rings is 1. The minimum Gasteiger partial charge on any atom is -0.457 e. The standard InChI is InChI=1S/C29H41N4O7S/c1-7-11-39-28(36)25-26(18(3)24-23(19(4)34)27(35)33(24)25)41-22-13-20(32(15-22)29(37)40-12-8-2)9-10-31-17-30(5)14-21(31)16-38-6/h7-8,14,17-20,22-24,34H,1-2,9-13,15-16H2,3-6H3/q+1/t18-,19-,20-,22+,23-,24-/m1/s1. The molecule has 41 heavy (non-hydrogen) atoms. The first-order valence-corrected chi connectivity index (χ1v) is 14.8. The summed E-state index contributed by atoms with van der Waals surface area (Å²) < 4.78 is 20.2. The van der Waals surface area contributed by atoms with E-state index in [0.29, 0.717) is 32.5 Å². The molecule has 0 bridgehead atoms. The monoisotopic (exact) mass is 589 g/mol. The van der Waals surface area contributed by atoms with Crippen LogP contribution in [0.25, 0.3) is 0 Å². The number of methoxy groups -OCH3 is 1. The Balaban J connectivity index is 1.56. The Morgan fingerprint density at radius 3 is 2.63 bits per heavy atom. The van der Waals surface area contributed by atoms with Crippen LogP contribution in [0, 0.1) is 11.8 Å². The Bertz CT molecular complexity index is 1210. The second-order valence-corrected chi connectivity index (χ2v) is 12.2. The number of hydrogen-bond acceptors (Lipinski definition) is 8. The highest BCUT2D eigenvalue weighted by molar-refractivity contribution is 8.03. The summed E-state index contributed by atoms with van der Waals surface area (Å²) in [6.45, 7) is 12.6. The number of rotatable bonds is 13. The molecule has 0 aromatic carbocycles. The van der Waals surface area contributed by atoms with Crippen molar-refractivity contribution in [3.05, 3.63) is 54.1 Å². The van der Waals surface area contributed by atoms with Gasteiger partial charge in [0.1, 0.15) is 31.7 Å². The van der Waals surface area contributed by atoms with Gasteiger partial charge in [-0.15, -0.1) is 11.8 Å². The fraction of sp³-hybridized carbons (Fsp3) is 0.586. The summed E-state index contributed by atoms with van der Waals surface area (Å²) in [7, 11) is 3.62. The number of aliphatic hydroxyl groups is 1. The van der Waals surface area contributed by atoms with Gasteiger partial charge in [0.2, 0.25) is 12.2 Å². The van der Waals surface area contributed by atoms with E-state index in [4.69, 9.17) is 14.2 Å². The third-order valence-corrected chi connectivity index (χ3v) is 9.40. The van der Waals surface area contributed by atoms with Crippen LogP contribution in [-0.4, -0.2) is 87.7 Å². The van der Waals surface area contributed by atoms with E-state index in [-0.39, 0.29) is 48.1 Å². The number of carbonyl (C=O) groups is 3. The Hall–Kier alpha value is -3.09. The van der Waals surface area contributed by atoms with Crippen LogP contribution in [0.1, 0.15) is 32.4 Å². The number of aromatic nitrogens is 2. The van der Waals surface area contributed by atoms with Crippen molar-refractivity contribution in [1.29, 1.82) is 0 Å². The number of thioether (sulfide) groups is 1. The Morgan fingerprint density at radius 2 is 1.98 bits per heavy atom. The molecule has 0 radical (unpaired) electrons. The van der Waals surface area contributed by atoms with Crippen molar-refractivity contribution >= 4 is 29.7 Å². The van der Waals surface area contributed by atoms with Crippen LogP contribution in [0.3, 0.4) is 0 Å². The number of likely N-dealkylation sites (tertiary alicyclic amines) is 1. The van der Waals surface area contributed by atoms with E-state index < -0.39 is 24.1 Å². The highest BCUT2D eigenvalue weighted by Crippen LogP contribution is 2.52. The number of β-lactam (4-membered cyclic amide) rings is 1. The first kappa shape index (κ1) is 30.9. The third kappa shape index (κ3) is 6.24. The maximum atomic E-state index is 13.1. The number of aryl methyl sites for hydroxylation is 2. The normalized spacial score (nSPS) is 26.1. The molecule has 1 aromatic heterocycles. The molecule has 11 nitrogen and oxygen atoms in total. The van der Waals surface area contributed by atoms with Crippen LogP contribution in [0.2, 0.25) is 0 Å².